The van der Waals surface area contributed by atoms with Gasteiger partial charge in [0.15, 0.2) is 62.9 Å². The number of hydrogen-bond donors (Lipinski definition) is 36. The van der Waals surface area contributed by atoms with Gasteiger partial charge in [-0.2, -0.15) is 0 Å². The fourth-order valence-corrected chi connectivity index (χ4v) is 19.2. The van der Waals surface area contributed by atoms with Gasteiger partial charge in [-0.3, -0.25) is 33.6 Å². The lowest BCUT2D eigenvalue weighted by Crippen LogP contribution is -2.73. The molecular formula is C83H137N7O58. The molecule has 7 amide bonds. The Balaban J connectivity index is 0.937. The number of carboxylic acids is 1. The molecule has 148 heavy (non-hydrogen) atoms. The maximum atomic E-state index is 13.6. The first-order valence-corrected chi connectivity index (χ1v) is 47.1. The predicted molar refractivity (Wildman–Crippen MR) is 459 cm³/mol. The van der Waals surface area contributed by atoms with Crippen LogP contribution in [0.3, 0.4) is 0 Å². The van der Waals surface area contributed by atoms with Crippen LogP contribution < -0.4 is 37.2 Å². The molecule has 0 aromatic rings. The average molecular weight is 2160 g/mol. The maximum absolute atomic E-state index is 13.6. The smallest absolute Gasteiger partial charge is 0.364 e. The highest BCUT2D eigenvalue weighted by Crippen LogP contribution is 2.44. The van der Waals surface area contributed by atoms with Gasteiger partial charge in [0.05, 0.1) is 84.3 Å². The van der Waals surface area contributed by atoms with Crippen molar-refractivity contribution in [2.75, 3.05) is 66.1 Å². The summed E-state index contributed by atoms with van der Waals surface area (Å²) in [5.74, 6) is -12.4. The standard InChI is InChI=1S/C83H137N7O58/c1-20-46(108)58(120)61(123)78(130-20)128-19-38-66(54(116)40(72(125)131-38)85-22(3)100)142-74-42(87-24(5)102)57(119)65(36(17-98)136-74)143-79-62(124)69(52(114)37(139-79)18-129-80-70(59(121)49(111)31(12-93)134-80)145-75-43(88-25(6)103)55(117)63(34(15-96)137-75)140-73-41(86-23(4)101)53(115)48(110)30(11-92)132-73)144-81-71(60(122)50(112)32(13-94)135-81)146-76-44(89-26(7)104)56(118)64(35(16-97)138-76)141-77-45(90-27(8)105)68(51(113)33(14-95)133-77)148-83(82(126)127)9-28(106)39(84-21(2)99)67(147-83)47(109)29(107)10-91/h20,28-81,91-98,106-125H,9-19H2,1-8H3,(H,84,99)(H,85,100)(H,86,101)(H,87,102)(H,88,103)(H,89,104)(H,90,105)(H,126,127)/t20-,28-,29+,30+,31+,32+,33+,34+,35+,36+,37+,38+,39+,40+,41+,42+,43+,44+,45+,46+,47+,48-,49+,50+,51-,52+,53+,54+,55+,56+,57+,58+,59-,60-,61-,62-,63+,64+,65+,66+,67+,68+,69-,70-,71-,72?,73-,74-,75-,76-,77-,78+,79-,80-,81+,83-/m0/s1. The number of aliphatic hydroxyl groups excluding tert-OH is 28. The van der Waals surface area contributed by atoms with E-state index in [1.807, 2.05) is 0 Å². The van der Waals surface area contributed by atoms with E-state index in [-0.39, 0.29) is 0 Å². The number of rotatable bonds is 40. The summed E-state index contributed by atoms with van der Waals surface area (Å²) in [7, 11) is 0. The van der Waals surface area contributed by atoms with Crippen molar-refractivity contribution in [3.8, 4) is 0 Å². The van der Waals surface area contributed by atoms with Gasteiger partial charge in [0.1, 0.15) is 256 Å². The lowest BCUT2D eigenvalue weighted by atomic mass is 9.88. The first kappa shape index (κ1) is 122. The van der Waals surface area contributed by atoms with Crippen LogP contribution in [0.2, 0.25) is 0 Å². The highest BCUT2D eigenvalue weighted by molar-refractivity contribution is 5.78. The summed E-state index contributed by atoms with van der Waals surface area (Å²) < 4.78 is 127. The lowest BCUT2D eigenvalue weighted by molar-refractivity contribution is -0.399. The summed E-state index contributed by atoms with van der Waals surface area (Å²) >= 11 is 0. The zero-order valence-corrected chi connectivity index (χ0v) is 80.3. The Hall–Kier alpha value is -6.20. The van der Waals surface area contributed by atoms with Crippen LogP contribution in [0.1, 0.15) is 61.8 Å². The fourth-order valence-electron chi connectivity index (χ4n) is 19.2. The summed E-state index contributed by atoms with van der Waals surface area (Å²) in [6, 6.07) is -13.8. The number of ether oxygens (including phenoxy) is 21. The third kappa shape index (κ3) is 27.5. The van der Waals surface area contributed by atoms with Crippen LogP contribution in [-0.2, 0) is 138 Å². The van der Waals surface area contributed by atoms with Gasteiger partial charge in [-0.05, 0) is 6.92 Å². The molecule has 0 bridgehead atoms. The van der Waals surface area contributed by atoms with Crippen molar-refractivity contribution in [1.82, 2.24) is 37.2 Å². The van der Waals surface area contributed by atoms with Crippen LogP contribution in [0.25, 0.3) is 0 Å². The minimum atomic E-state index is -3.35. The highest BCUT2D eigenvalue weighted by Gasteiger charge is 2.65. The van der Waals surface area contributed by atoms with E-state index in [2.05, 4.69) is 37.2 Å². The van der Waals surface area contributed by atoms with Crippen molar-refractivity contribution in [3.05, 3.63) is 0 Å². The molecule has 11 rings (SSSR count). The molecule has 36 N–H and O–H groups in total. The van der Waals surface area contributed by atoms with Crippen LogP contribution in [0.4, 0.5) is 0 Å². The summed E-state index contributed by atoms with van der Waals surface area (Å²) in [6.07, 6.45) is -106. The number of amides is 7. The zero-order valence-electron chi connectivity index (χ0n) is 80.3. The van der Waals surface area contributed by atoms with Crippen LogP contribution in [-0.4, -0.2) is 604 Å². The molecule has 11 aliphatic heterocycles. The van der Waals surface area contributed by atoms with Gasteiger partial charge in [0, 0.05) is 54.9 Å². The molecule has 11 fully saturated rings. The lowest BCUT2D eigenvalue weighted by Gasteiger charge is -2.52. The fraction of sp³-hybridized carbons (Fsp3) is 0.904. The van der Waals surface area contributed by atoms with E-state index in [0.29, 0.717) is 0 Å². The highest BCUT2D eigenvalue weighted by atomic mass is 16.8. The first-order chi connectivity index (χ1) is 69.8. The quantitative estimate of drug-likeness (QED) is 0.0271. The molecule has 56 atom stereocenters. The molecule has 852 valence electrons. The molecule has 0 spiro atoms. The van der Waals surface area contributed by atoms with Crippen molar-refractivity contribution >= 4 is 47.3 Å². The third-order valence-corrected chi connectivity index (χ3v) is 26.7. The van der Waals surface area contributed by atoms with Crippen molar-refractivity contribution in [2.24, 2.45) is 0 Å². The van der Waals surface area contributed by atoms with Gasteiger partial charge in [-0.15, -0.1) is 0 Å². The number of carbonyl (C=O) groups excluding carboxylic acids is 7. The van der Waals surface area contributed by atoms with Crippen LogP contribution in [0.15, 0.2) is 0 Å². The molecule has 0 saturated carbocycles. The van der Waals surface area contributed by atoms with E-state index in [4.69, 9.17) is 99.5 Å². The molecule has 1 unspecified atom stereocenters. The summed E-state index contributed by atoms with van der Waals surface area (Å²) in [5, 5.41) is 346. The molecule has 0 aromatic carbocycles. The van der Waals surface area contributed by atoms with E-state index in [9.17, 15) is 186 Å². The van der Waals surface area contributed by atoms with Crippen LogP contribution in [0.5, 0.6) is 0 Å². The van der Waals surface area contributed by atoms with Crippen molar-refractivity contribution < 1.29 is 286 Å². The largest absolute Gasteiger partial charge is 0.477 e. The Morgan fingerprint density at radius 3 is 1.03 bits per heavy atom. The van der Waals surface area contributed by atoms with Gasteiger partial charge >= 0.3 is 5.97 Å². The van der Waals surface area contributed by atoms with E-state index in [1.54, 1.807) is 0 Å². The van der Waals surface area contributed by atoms with Crippen molar-refractivity contribution in [1.29, 1.82) is 0 Å². The molecular weight excluding hydrogens is 2020 g/mol. The first-order valence-electron chi connectivity index (χ1n) is 47.1. The minimum absolute atomic E-state index is 0.836. The molecule has 65 nitrogen and oxygen atoms in total. The Morgan fingerprint density at radius 2 is 0.608 bits per heavy atom. The average Bonchev–Trinajstić information content (AvgIpc) is 0.724. The van der Waals surface area contributed by atoms with Crippen molar-refractivity contribution in [2.45, 2.75) is 405 Å². The van der Waals surface area contributed by atoms with E-state index >= 15 is 0 Å². The summed E-state index contributed by atoms with van der Waals surface area (Å²) in [5.41, 5.74) is 0. The summed E-state index contributed by atoms with van der Waals surface area (Å²) in [6.45, 7) is -4.37. The summed E-state index contributed by atoms with van der Waals surface area (Å²) in [4.78, 5) is 104. The topological polar surface area (TPSA) is 1000 Å². The number of aliphatic hydroxyl groups is 28. The molecule has 11 heterocycles. The number of hydrogen-bond acceptors (Lipinski definition) is 57. The maximum Gasteiger partial charge on any atom is 0.364 e. The van der Waals surface area contributed by atoms with E-state index in [1.165, 1.54) is 6.92 Å². The second-order valence-corrected chi connectivity index (χ2v) is 37.4. The SMILES string of the molecule is CC(=O)N[C@H]1[C@H](O[C@H]2[C@H](O)[C@@H](NC(C)=O)C(O)O[C@@H]2CO[C@@H]2O[C@@H](C)[C@@H](O)[C@@H](O)[C@@H]2O)O[C@H](CO)[C@@H](O[C@@H]2O[C@H](CO[C@H]3O[C@H](CO)[C@@H](O)[C@H](O)[C@@H]3O[C@@H]3O[C@H](CO)[C@@H](O[C@@H]4O[C@H](CO)[C@H](O)[C@H](O)[C@H]4NC(C)=O)[C@H](O)[C@H]3NC(C)=O)[C@@H](O)[C@H](O[C@H]3O[C@H](CO)[C@@H](O)[C@H](O)[C@@H]3O[C@@H]3O[C@H](CO)[C@@H](O[C@@H]4O[C@H](CO)[C@H](O)[C@H](O[C@]5(C(=O)O)C[C@H](O)[C@@H](NC(C)=O)[C@H]([C@H](O)[C@H](O)CO)O5)[C@H]4NC(C)=O)[C@H](O)[C@H]3NC(C)=O)[C@@H]2O)[C@@H]1O. The monoisotopic (exact) mass is 2160 g/mol. The van der Waals surface area contributed by atoms with Gasteiger partial charge in [0.2, 0.25) is 41.4 Å². The minimum Gasteiger partial charge on any atom is -0.477 e. The molecule has 11 saturated heterocycles. The second-order valence-electron chi connectivity index (χ2n) is 37.4. The Morgan fingerprint density at radius 1 is 0.291 bits per heavy atom. The second kappa shape index (κ2) is 53.0. The Labute approximate surface area is 838 Å². The van der Waals surface area contributed by atoms with Gasteiger partial charge < -0.3 is 285 Å². The third-order valence-electron chi connectivity index (χ3n) is 26.7. The van der Waals surface area contributed by atoms with E-state index in [0.717, 1.165) is 48.5 Å². The number of nitrogens with one attached hydrogen (secondary N) is 7. The van der Waals surface area contributed by atoms with Crippen molar-refractivity contribution in [3.63, 3.8) is 0 Å². The van der Waals surface area contributed by atoms with Gasteiger partial charge in [-0.25, -0.2) is 4.79 Å². The molecule has 11 aliphatic rings. The molecule has 0 aliphatic carbocycles. The number of carbonyl (C=O) groups is 8. The molecule has 0 aromatic heterocycles. The normalized spacial score (nSPS) is 46.5. The van der Waals surface area contributed by atoms with Gasteiger partial charge in [0.25, 0.3) is 5.79 Å². The molecule has 65 heteroatoms. The Kier molecular flexibility index (Phi) is 43.7. The predicted octanol–water partition coefficient (Wildman–Crippen LogP) is -23.7. The van der Waals surface area contributed by atoms with Crippen LogP contribution >= 0.6 is 0 Å². The number of aliphatic carboxylic acids is 1. The number of carboxylic acid groups (broad SMARTS) is 1. The van der Waals surface area contributed by atoms with Crippen LogP contribution in [0, 0.1) is 0 Å². The zero-order chi connectivity index (χ0) is 109. The Bertz CT molecular complexity index is 4280. The van der Waals surface area contributed by atoms with E-state index < -0.39 is 463 Å². The van der Waals surface area contributed by atoms with Gasteiger partial charge in [-0.1, -0.05) is 0 Å². The molecule has 0 radical (unpaired) electrons.